The van der Waals surface area contributed by atoms with Gasteiger partial charge in [-0.25, -0.2) is 0 Å². The molecule has 0 heterocycles. The summed E-state index contributed by atoms with van der Waals surface area (Å²) in [6.45, 7) is 1.05. The van der Waals surface area contributed by atoms with Crippen LogP contribution in [0.4, 0.5) is 4.39 Å². The van der Waals surface area contributed by atoms with Crippen molar-refractivity contribution in [2.24, 2.45) is 0 Å². The number of ether oxygens (including phenoxy) is 2. The number of hydrogen-bond donors (Lipinski definition) is 1. The van der Waals surface area contributed by atoms with E-state index in [1.54, 1.807) is 0 Å². The van der Waals surface area contributed by atoms with Crippen molar-refractivity contribution in [1.82, 2.24) is 0 Å². The van der Waals surface area contributed by atoms with Gasteiger partial charge >= 0.3 is 21.3 Å². The fourth-order valence-corrected chi connectivity index (χ4v) is 1.24. The molecule has 1 unspecified atom stereocenters. The lowest BCUT2D eigenvalue weighted by Gasteiger charge is -2.21. The number of carbonyl (C=O) groups is 1. The molecule has 0 fully saturated rings. The van der Waals surface area contributed by atoms with Crippen LogP contribution in [0.2, 0.25) is 0 Å². The molecule has 15 heavy (non-hydrogen) atoms. The van der Waals surface area contributed by atoms with Gasteiger partial charge in [-0.1, -0.05) is 6.92 Å². The van der Waals surface area contributed by atoms with Gasteiger partial charge in [0.05, 0.1) is 13.0 Å². The highest BCUT2D eigenvalue weighted by Crippen LogP contribution is 2.25. The van der Waals surface area contributed by atoms with Crippen molar-refractivity contribution >= 4 is 16.1 Å². The highest BCUT2D eigenvalue weighted by Gasteiger charge is 2.47. The van der Waals surface area contributed by atoms with Crippen LogP contribution in [0.5, 0.6) is 0 Å². The van der Waals surface area contributed by atoms with Gasteiger partial charge in [0.2, 0.25) is 0 Å². The van der Waals surface area contributed by atoms with E-state index >= 15 is 0 Å². The summed E-state index contributed by atoms with van der Waals surface area (Å²) in [5, 5.41) is -3.43. The number of rotatable bonds is 6. The molecule has 0 saturated heterocycles. The Bertz CT molecular complexity index is 313. The molecule has 0 bridgehead atoms. The first-order valence-electron chi connectivity index (χ1n) is 4.13. The predicted molar refractivity (Wildman–Crippen MR) is 48.3 cm³/mol. The topological polar surface area (TPSA) is 89.9 Å². The van der Waals surface area contributed by atoms with E-state index in [0.29, 0.717) is 0 Å². The van der Waals surface area contributed by atoms with Gasteiger partial charge in [0.1, 0.15) is 0 Å². The average molecular weight is 244 g/mol. The van der Waals surface area contributed by atoms with E-state index in [9.17, 15) is 17.6 Å². The molecule has 8 heteroatoms. The standard InChI is InChI=1S/C7H13FO6S/c1-3-6(9)14-7(8,4-5-13-2)15(10,11)12/h3-5H2,1-2H3,(H,10,11,12). The molecule has 0 aliphatic carbocycles. The molecule has 0 radical (unpaired) electrons. The Hall–Kier alpha value is -0.730. The first-order chi connectivity index (χ1) is 6.77. The van der Waals surface area contributed by atoms with E-state index in [1.807, 2.05) is 0 Å². The van der Waals surface area contributed by atoms with Gasteiger partial charge in [0, 0.05) is 13.5 Å². The lowest BCUT2D eigenvalue weighted by atomic mass is 10.4. The summed E-state index contributed by atoms with van der Waals surface area (Å²) >= 11 is 0. The Balaban J connectivity index is 4.79. The number of halogens is 1. The van der Waals surface area contributed by atoms with E-state index in [0.717, 1.165) is 0 Å². The van der Waals surface area contributed by atoms with Crippen molar-refractivity contribution in [3.8, 4) is 0 Å². The molecule has 0 rings (SSSR count). The Morgan fingerprint density at radius 3 is 2.40 bits per heavy atom. The molecule has 0 spiro atoms. The molecule has 0 amide bonds. The second-order valence-corrected chi connectivity index (χ2v) is 4.27. The lowest BCUT2D eigenvalue weighted by molar-refractivity contribution is -0.167. The first kappa shape index (κ1) is 14.3. The minimum absolute atomic E-state index is 0.200. The lowest BCUT2D eigenvalue weighted by Crippen LogP contribution is -2.39. The van der Waals surface area contributed by atoms with E-state index in [2.05, 4.69) is 9.47 Å². The number of methoxy groups -OCH3 is 1. The second kappa shape index (κ2) is 5.38. The largest absolute Gasteiger partial charge is 0.412 e. The minimum atomic E-state index is -5.13. The maximum absolute atomic E-state index is 13.6. The summed E-state index contributed by atoms with van der Waals surface area (Å²) in [6.07, 6.45) is -0.984. The van der Waals surface area contributed by atoms with Crippen molar-refractivity contribution < 1.29 is 31.6 Å². The normalized spacial score (nSPS) is 15.7. The molecule has 0 aromatic heterocycles. The van der Waals surface area contributed by atoms with Crippen LogP contribution in [0.15, 0.2) is 0 Å². The Morgan fingerprint density at radius 1 is 1.53 bits per heavy atom. The monoisotopic (exact) mass is 244 g/mol. The van der Waals surface area contributed by atoms with Gasteiger partial charge in [-0.15, -0.1) is 0 Å². The molecule has 0 aliphatic heterocycles. The quantitative estimate of drug-likeness (QED) is 0.540. The van der Waals surface area contributed by atoms with Crippen LogP contribution in [0.3, 0.4) is 0 Å². The van der Waals surface area contributed by atoms with Crippen LogP contribution in [-0.2, 0) is 24.4 Å². The highest BCUT2D eigenvalue weighted by molar-refractivity contribution is 7.86. The third-order valence-corrected chi connectivity index (χ3v) is 2.60. The van der Waals surface area contributed by atoms with Crippen molar-refractivity contribution in [2.45, 2.75) is 25.0 Å². The summed E-state index contributed by atoms with van der Waals surface area (Å²) in [7, 11) is -3.92. The van der Waals surface area contributed by atoms with Crippen molar-refractivity contribution in [2.75, 3.05) is 13.7 Å². The summed E-state index contributed by atoms with van der Waals surface area (Å²) in [6, 6.07) is 0. The van der Waals surface area contributed by atoms with Gasteiger partial charge < -0.3 is 9.47 Å². The maximum atomic E-state index is 13.6. The Labute approximate surface area is 87.1 Å². The van der Waals surface area contributed by atoms with Crippen LogP contribution in [0.1, 0.15) is 19.8 Å². The zero-order valence-corrected chi connectivity index (χ0v) is 9.21. The van der Waals surface area contributed by atoms with Crippen LogP contribution in [0.25, 0.3) is 0 Å². The first-order valence-corrected chi connectivity index (χ1v) is 5.57. The summed E-state index contributed by atoms with van der Waals surface area (Å²) in [5.41, 5.74) is 0. The molecule has 1 N–H and O–H groups in total. The molecule has 6 nitrogen and oxygen atoms in total. The van der Waals surface area contributed by atoms with Gasteiger partial charge in [-0.05, 0) is 0 Å². The summed E-state index contributed by atoms with van der Waals surface area (Å²) < 4.78 is 51.9. The average Bonchev–Trinajstić information content (AvgIpc) is 2.12. The van der Waals surface area contributed by atoms with Crippen molar-refractivity contribution in [3.05, 3.63) is 0 Å². The van der Waals surface area contributed by atoms with Crippen LogP contribution in [-0.4, -0.2) is 37.8 Å². The van der Waals surface area contributed by atoms with Gasteiger partial charge in [-0.3, -0.25) is 9.35 Å². The third-order valence-electron chi connectivity index (χ3n) is 1.54. The second-order valence-electron chi connectivity index (χ2n) is 2.71. The summed E-state index contributed by atoms with van der Waals surface area (Å²) in [4.78, 5) is 10.8. The van der Waals surface area contributed by atoms with Crippen LogP contribution >= 0.6 is 0 Å². The minimum Gasteiger partial charge on any atom is -0.412 e. The van der Waals surface area contributed by atoms with E-state index in [-0.39, 0.29) is 13.0 Å². The van der Waals surface area contributed by atoms with Gasteiger partial charge in [0.25, 0.3) is 0 Å². The number of carbonyl (C=O) groups excluding carboxylic acids is 1. The molecule has 0 saturated carbocycles. The van der Waals surface area contributed by atoms with E-state index in [1.165, 1.54) is 14.0 Å². The van der Waals surface area contributed by atoms with E-state index in [4.69, 9.17) is 4.55 Å². The van der Waals surface area contributed by atoms with Crippen LogP contribution in [0, 0.1) is 0 Å². The number of esters is 1. The molecule has 0 aromatic carbocycles. The van der Waals surface area contributed by atoms with E-state index < -0.39 is 27.7 Å². The van der Waals surface area contributed by atoms with Crippen molar-refractivity contribution in [1.29, 1.82) is 0 Å². The van der Waals surface area contributed by atoms with Crippen molar-refractivity contribution in [3.63, 3.8) is 0 Å². The van der Waals surface area contributed by atoms with Gasteiger partial charge in [-0.2, -0.15) is 12.8 Å². The Kier molecular flexibility index (Phi) is 5.12. The fraction of sp³-hybridized carbons (Fsp3) is 0.857. The molecule has 0 aromatic rings. The zero-order valence-electron chi connectivity index (χ0n) is 8.40. The zero-order chi connectivity index (χ0) is 12.1. The maximum Gasteiger partial charge on any atom is 0.379 e. The Morgan fingerprint density at radius 2 is 2.07 bits per heavy atom. The molecule has 1 atom stereocenters. The summed E-state index contributed by atoms with van der Waals surface area (Å²) in [5.74, 6) is -1.06. The molecule has 90 valence electrons. The number of hydrogen-bond acceptors (Lipinski definition) is 5. The molecule has 0 aliphatic rings. The smallest absolute Gasteiger partial charge is 0.379 e. The predicted octanol–water partition coefficient (Wildman–Crippen LogP) is 0.487. The molecular formula is C7H13FO6S. The fourth-order valence-electron chi connectivity index (χ4n) is 0.699. The highest BCUT2D eigenvalue weighted by atomic mass is 32.2. The van der Waals surface area contributed by atoms with Crippen LogP contribution < -0.4 is 0 Å². The molecular weight excluding hydrogens is 231 g/mol. The SMILES string of the molecule is CCC(=O)OC(F)(CCOC)S(=O)(=O)O. The number of alkyl halides is 1. The third kappa shape index (κ3) is 4.10. The van der Waals surface area contributed by atoms with Gasteiger partial charge in [0.15, 0.2) is 0 Å².